The molecular weight excluding hydrogens is 288 g/mol. The Morgan fingerprint density at radius 1 is 1.07 bits per heavy atom. The van der Waals surface area contributed by atoms with Crippen LogP contribution in [0.25, 0.3) is 0 Å². The summed E-state index contributed by atoms with van der Waals surface area (Å²) in [7, 11) is 0. The largest absolute Gasteiger partial charge is 0.356 e. The minimum absolute atomic E-state index is 0.00248. The number of hydrogen-bond acceptors (Lipinski definition) is 0. The molecular formula is C6H3Cl2F6P. The maximum Gasteiger partial charge on any atom is 0.356 e. The van der Waals surface area contributed by atoms with Crippen molar-refractivity contribution in [2.75, 3.05) is 0 Å². The van der Waals surface area contributed by atoms with Crippen LogP contribution in [0.3, 0.4) is 0 Å². The summed E-state index contributed by atoms with van der Waals surface area (Å²) < 4.78 is 77.3. The maximum atomic E-state index is 13.4. The molecule has 2 unspecified atom stereocenters. The Morgan fingerprint density at radius 3 is 1.93 bits per heavy atom. The van der Waals surface area contributed by atoms with Gasteiger partial charge in [0, 0.05) is 0 Å². The van der Waals surface area contributed by atoms with Gasteiger partial charge < -0.3 is 0 Å². The Bertz CT molecular complexity index is 293. The first-order valence-electron chi connectivity index (χ1n) is 3.47. The second kappa shape index (κ2) is 3.67. The molecule has 0 saturated heterocycles. The Labute approximate surface area is 91.6 Å². The quantitative estimate of drug-likeness (QED) is 0.375. The van der Waals surface area contributed by atoms with Crippen LogP contribution in [-0.2, 0) is 0 Å². The second-order valence-corrected chi connectivity index (χ2v) is 6.53. The van der Waals surface area contributed by atoms with Crippen molar-refractivity contribution in [3.05, 3.63) is 12.2 Å². The first kappa shape index (κ1) is 13.4. The average molecular weight is 291 g/mol. The smallest absolute Gasteiger partial charge is 0.236 e. The monoisotopic (exact) mass is 290 g/mol. The number of halogens is 8. The fraction of sp³-hybridized carbons (Fsp3) is 0.667. The number of rotatable bonds is 1. The van der Waals surface area contributed by atoms with E-state index >= 15 is 0 Å². The van der Waals surface area contributed by atoms with Crippen LogP contribution in [0.1, 0.15) is 0 Å². The van der Waals surface area contributed by atoms with Gasteiger partial charge >= 0.3 is 11.8 Å². The highest BCUT2D eigenvalue weighted by atomic mass is 35.9. The third-order valence-corrected chi connectivity index (χ3v) is 4.34. The van der Waals surface area contributed by atoms with Crippen molar-refractivity contribution in [1.29, 1.82) is 0 Å². The normalized spacial score (nSPS) is 38.3. The third-order valence-electron chi connectivity index (χ3n) is 1.94. The molecule has 2 atom stereocenters. The SMILES string of the molecule is FC1C=CC(F)(P(Cl)Cl)C(F)(F)C1(F)F. The van der Waals surface area contributed by atoms with Gasteiger partial charge in [0.05, 0.1) is 0 Å². The molecule has 0 aromatic carbocycles. The molecule has 0 aromatic rings. The van der Waals surface area contributed by atoms with Crippen molar-refractivity contribution < 1.29 is 26.3 Å². The molecule has 0 bridgehead atoms. The minimum atomic E-state index is -5.27. The van der Waals surface area contributed by atoms with Crippen molar-refractivity contribution in [3.8, 4) is 0 Å². The van der Waals surface area contributed by atoms with Crippen molar-refractivity contribution >= 4 is 29.1 Å². The number of allylic oxidation sites excluding steroid dienone is 2. The molecule has 0 aliphatic heterocycles. The predicted octanol–water partition coefficient (Wildman–Crippen LogP) is 4.62. The van der Waals surface area contributed by atoms with E-state index in [9.17, 15) is 26.3 Å². The van der Waals surface area contributed by atoms with Crippen LogP contribution in [0.15, 0.2) is 12.2 Å². The van der Waals surface area contributed by atoms with Gasteiger partial charge in [-0.15, -0.1) is 0 Å². The summed E-state index contributed by atoms with van der Waals surface area (Å²) in [6.07, 6.45) is -3.31. The van der Waals surface area contributed by atoms with Crippen LogP contribution in [0.5, 0.6) is 0 Å². The molecule has 0 saturated carbocycles. The zero-order valence-corrected chi connectivity index (χ0v) is 9.11. The van der Waals surface area contributed by atoms with Gasteiger partial charge in [0.25, 0.3) is 0 Å². The van der Waals surface area contributed by atoms with Crippen LogP contribution >= 0.6 is 29.1 Å². The molecule has 1 aliphatic rings. The number of hydrogen-bond donors (Lipinski definition) is 0. The van der Waals surface area contributed by atoms with E-state index in [0.29, 0.717) is 0 Å². The Kier molecular flexibility index (Phi) is 3.28. The molecule has 0 amide bonds. The van der Waals surface area contributed by atoms with Gasteiger partial charge in [0.2, 0.25) is 5.41 Å². The lowest BCUT2D eigenvalue weighted by Gasteiger charge is -2.40. The lowest BCUT2D eigenvalue weighted by atomic mass is 9.95. The highest BCUT2D eigenvalue weighted by Gasteiger charge is 2.76. The van der Waals surface area contributed by atoms with E-state index in [1.165, 1.54) is 0 Å². The van der Waals surface area contributed by atoms with Gasteiger partial charge in [0.1, 0.15) is 6.63 Å². The molecule has 1 rings (SSSR count). The molecule has 9 heteroatoms. The molecule has 0 spiro atoms. The second-order valence-electron chi connectivity index (χ2n) is 2.86. The summed E-state index contributed by atoms with van der Waals surface area (Å²) in [6, 6.07) is 0. The summed E-state index contributed by atoms with van der Waals surface area (Å²) in [6.45, 7) is -3.07. The van der Waals surface area contributed by atoms with E-state index in [0.717, 1.165) is 0 Å². The molecule has 0 N–H and O–H groups in total. The summed E-state index contributed by atoms with van der Waals surface area (Å²) in [5, 5.41) is -3.92. The summed E-state index contributed by atoms with van der Waals surface area (Å²) in [4.78, 5) is 0. The molecule has 88 valence electrons. The van der Waals surface area contributed by atoms with Gasteiger partial charge in [-0.3, -0.25) is 0 Å². The molecule has 0 fully saturated rings. The van der Waals surface area contributed by atoms with E-state index in [1.807, 2.05) is 0 Å². The highest BCUT2D eigenvalue weighted by Crippen LogP contribution is 2.69. The van der Waals surface area contributed by atoms with Crippen LogP contribution in [-0.4, -0.2) is 23.4 Å². The summed E-state index contributed by atoms with van der Waals surface area (Å²) in [5.74, 6) is -10.4. The minimum Gasteiger partial charge on any atom is -0.236 e. The third kappa shape index (κ3) is 1.65. The first-order valence-corrected chi connectivity index (χ1v) is 6.62. The molecule has 15 heavy (non-hydrogen) atoms. The van der Waals surface area contributed by atoms with Gasteiger partial charge in [0.15, 0.2) is 6.17 Å². The van der Waals surface area contributed by atoms with E-state index in [4.69, 9.17) is 22.5 Å². The zero-order valence-electron chi connectivity index (χ0n) is 6.70. The van der Waals surface area contributed by atoms with Crippen LogP contribution in [0, 0.1) is 0 Å². The van der Waals surface area contributed by atoms with Crippen LogP contribution in [0.4, 0.5) is 26.3 Å². The lowest BCUT2D eigenvalue weighted by molar-refractivity contribution is -0.262. The fourth-order valence-corrected chi connectivity index (χ4v) is 2.54. The molecule has 0 radical (unpaired) electrons. The van der Waals surface area contributed by atoms with Gasteiger partial charge in [-0.1, -0.05) is 22.5 Å². The molecule has 0 aromatic heterocycles. The summed E-state index contributed by atoms with van der Waals surface area (Å²) in [5.41, 5.74) is 0. The lowest BCUT2D eigenvalue weighted by Crippen LogP contribution is -2.60. The Hall–Kier alpha value is 0.330. The predicted molar refractivity (Wildman–Crippen MR) is 46.4 cm³/mol. The van der Waals surface area contributed by atoms with Gasteiger partial charge in [-0.05, 0) is 12.2 Å². The van der Waals surface area contributed by atoms with Crippen molar-refractivity contribution in [1.82, 2.24) is 0 Å². The van der Waals surface area contributed by atoms with Crippen molar-refractivity contribution in [3.63, 3.8) is 0 Å². The molecule has 0 heterocycles. The zero-order chi connectivity index (χ0) is 12.1. The van der Waals surface area contributed by atoms with Gasteiger partial charge in [-0.2, -0.15) is 17.6 Å². The van der Waals surface area contributed by atoms with Gasteiger partial charge in [-0.25, -0.2) is 8.78 Å². The van der Waals surface area contributed by atoms with Crippen LogP contribution < -0.4 is 0 Å². The first-order chi connectivity index (χ1) is 6.57. The van der Waals surface area contributed by atoms with Crippen molar-refractivity contribution in [2.24, 2.45) is 0 Å². The average Bonchev–Trinajstić information content (AvgIpc) is 2.10. The Morgan fingerprint density at radius 2 is 1.53 bits per heavy atom. The van der Waals surface area contributed by atoms with E-state index in [-0.39, 0.29) is 12.2 Å². The summed E-state index contributed by atoms with van der Waals surface area (Å²) >= 11 is 9.85. The van der Waals surface area contributed by atoms with E-state index < -0.39 is 30.1 Å². The number of alkyl halides is 6. The maximum absolute atomic E-state index is 13.4. The van der Waals surface area contributed by atoms with Crippen molar-refractivity contribution in [2.45, 2.75) is 23.4 Å². The van der Waals surface area contributed by atoms with E-state index in [1.54, 1.807) is 0 Å². The Balaban J connectivity index is 3.31. The highest BCUT2D eigenvalue weighted by molar-refractivity contribution is 8.05. The molecule has 1 aliphatic carbocycles. The van der Waals surface area contributed by atoms with E-state index in [2.05, 4.69) is 0 Å². The molecule has 0 nitrogen and oxygen atoms in total. The van der Waals surface area contributed by atoms with Crippen LogP contribution in [0.2, 0.25) is 0 Å². The fourth-order valence-electron chi connectivity index (χ4n) is 1.01. The standard InChI is InChI=1S/C6H3Cl2F6P/c7-15(8)4(10)2-1-3(9)5(11,12)6(4,13)14/h1-3H. The topological polar surface area (TPSA) is 0 Å².